The van der Waals surface area contributed by atoms with E-state index in [1.807, 2.05) is 0 Å². The number of likely N-dealkylation sites (tertiary alicyclic amines) is 1. The van der Waals surface area contributed by atoms with Gasteiger partial charge in [-0.05, 0) is 38.0 Å². The zero-order chi connectivity index (χ0) is 17.8. The highest BCUT2D eigenvalue weighted by atomic mass is 19.1. The molecule has 2 N–H and O–H groups in total. The molecule has 8 heteroatoms. The first-order chi connectivity index (χ1) is 12.1. The maximum atomic E-state index is 13.3. The topological polar surface area (TPSA) is 87.3 Å². The molecule has 1 atom stereocenters. The fourth-order valence-corrected chi connectivity index (χ4v) is 3.06. The van der Waals surface area contributed by atoms with Crippen molar-refractivity contribution in [2.45, 2.75) is 32.2 Å². The molecule has 1 aromatic carbocycles. The number of fused-ring (bicyclic) bond motifs is 1. The largest absolute Gasteiger partial charge is 0.466 e. The number of halogens is 1. The highest BCUT2D eigenvalue weighted by Gasteiger charge is 2.32. The van der Waals surface area contributed by atoms with Crippen LogP contribution in [0.2, 0.25) is 0 Å². The SMILES string of the molecule is CCOC(=O)CCNC(=O)N1CCC[C@H]1c1nc2ccc(F)cc2[nH]1. The molecular weight excluding hydrogens is 327 g/mol. The number of nitrogens with zero attached hydrogens (tertiary/aromatic N) is 2. The van der Waals surface area contributed by atoms with Gasteiger partial charge in [-0.3, -0.25) is 4.79 Å². The van der Waals surface area contributed by atoms with Crippen molar-refractivity contribution in [3.8, 4) is 0 Å². The van der Waals surface area contributed by atoms with Crippen LogP contribution < -0.4 is 5.32 Å². The van der Waals surface area contributed by atoms with Gasteiger partial charge in [-0.25, -0.2) is 14.2 Å². The third-order valence-electron chi connectivity index (χ3n) is 4.20. The number of carbonyl (C=O) groups excluding carboxylic acids is 2. The number of carbonyl (C=O) groups is 2. The Kier molecular flexibility index (Phi) is 5.16. The van der Waals surface area contributed by atoms with Gasteiger partial charge in [0.15, 0.2) is 0 Å². The van der Waals surface area contributed by atoms with E-state index in [2.05, 4.69) is 15.3 Å². The van der Waals surface area contributed by atoms with Gasteiger partial charge in [0.25, 0.3) is 0 Å². The van der Waals surface area contributed by atoms with Gasteiger partial charge in [0.1, 0.15) is 11.6 Å². The number of amides is 2. The van der Waals surface area contributed by atoms with Gasteiger partial charge in [-0.1, -0.05) is 0 Å². The van der Waals surface area contributed by atoms with Crippen LogP contribution in [-0.2, 0) is 9.53 Å². The van der Waals surface area contributed by atoms with E-state index in [1.165, 1.54) is 12.1 Å². The van der Waals surface area contributed by atoms with Crippen molar-refractivity contribution in [3.63, 3.8) is 0 Å². The van der Waals surface area contributed by atoms with E-state index in [1.54, 1.807) is 17.9 Å². The Hall–Kier alpha value is -2.64. The Morgan fingerprint density at radius 2 is 2.32 bits per heavy atom. The lowest BCUT2D eigenvalue weighted by Gasteiger charge is -2.23. The number of hydrogen-bond donors (Lipinski definition) is 2. The minimum Gasteiger partial charge on any atom is -0.466 e. The van der Waals surface area contributed by atoms with Crippen LogP contribution in [0.3, 0.4) is 0 Å². The lowest BCUT2D eigenvalue weighted by Crippen LogP contribution is -2.40. The van der Waals surface area contributed by atoms with E-state index in [4.69, 9.17) is 4.74 Å². The molecule has 7 nitrogen and oxygen atoms in total. The fourth-order valence-electron chi connectivity index (χ4n) is 3.06. The van der Waals surface area contributed by atoms with Crippen LogP contribution in [0.25, 0.3) is 11.0 Å². The van der Waals surface area contributed by atoms with Crippen molar-refractivity contribution in [2.24, 2.45) is 0 Å². The molecule has 0 radical (unpaired) electrons. The van der Waals surface area contributed by atoms with Crippen LogP contribution in [0.4, 0.5) is 9.18 Å². The maximum Gasteiger partial charge on any atom is 0.318 e. The van der Waals surface area contributed by atoms with E-state index >= 15 is 0 Å². The van der Waals surface area contributed by atoms with Crippen molar-refractivity contribution in [2.75, 3.05) is 19.7 Å². The molecule has 0 spiro atoms. The molecule has 0 aliphatic carbocycles. The molecule has 2 heterocycles. The van der Waals surface area contributed by atoms with Crippen molar-refractivity contribution in [1.82, 2.24) is 20.2 Å². The summed E-state index contributed by atoms with van der Waals surface area (Å²) in [4.78, 5) is 33.0. The first-order valence-electron chi connectivity index (χ1n) is 8.43. The van der Waals surface area contributed by atoms with Gasteiger partial charge < -0.3 is 19.9 Å². The molecule has 25 heavy (non-hydrogen) atoms. The Labute approximate surface area is 144 Å². The molecule has 0 unspecified atom stereocenters. The number of esters is 1. The number of aromatic amines is 1. The summed E-state index contributed by atoms with van der Waals surface area (Å²) in [6, 6.07) is 3.95. The molecule has 1 fully saturated rings. The van der Waals surface area contributed by atoms with E-state index in [-0.39, 0.29) is 36.8 Å². The highest BCUT2D eigenvalue weighted by molar-refractivity contribution is 5.77. The van der Waals surface area contributed by atoms with Crippen LogP contribution in [0.15, 0.2) is 18.2 Å². The number of hydrogen-bond acceptors (Lipinski definition) is 4. The van der Waals surface area contributed by atoms with Gasteiger partial charge >= 0.3 is 12.0 Å². The third kappa shape index (κ3) is 3.89. The molecule has 1 aromatic heterocycles. The summed E-state index contributed by atoms with van der Waals surface area (Å²) in [5.41, 5.74) is 1.29. The van der Waals surface area contributed by atoms with Gasteiger partial charge in [-0.15, -0.1) is 0 Å². The minimum absolute atomic E-state index is 0.141. The number of H-pyrrole nitrogens is 1. The van der Waals surface area contributed by atoms with Gasteiger partial charge in [0.2, 0.25) is 0 Å². The lowest BCUT2D eigenvalue weighted by atomic mass is 10.2. The number of aromatic nitrogens is 2. The summed E-state index contributed by atoms with van der Waals surface area (Å²) in [5.74, 6) is -0.0126. The van der Waals surface area contributed by atoms with Gasteiger partial charge in [0, 0.05) is 13.1 Å². The lowest BCUT2D eigenvalue weighted by molar-refractivity contribution is -0.142. The number of benzene rings is 1. The molecule has 134 valence electrons. The first-order valence-corrected chi connectivity index (χ1v) is 8.43. The van der Waals surface area contributed by atoms with Crippen LogP contribution in [0.1, 0.15) is 38.1 Å². The number of urea groups is 1. The number of ether oxygens (including phenoxy) is 1. The molecule has 1 saturated heterocycles. The summed E-state index contributed by atoms with van der Waals surface area (Å²) < 4.78 is 18.2. The van der Waals surface area contributed by atoms with Gasteiger partial charge in [0.05, 0.1) is 30.1 Å². The number of rotatable bonds is 5. The molecular formula is C17H21FN4O3. The van der Waals surface area contributed by atoms with E-state index in [0.717, 1.165) is 12.8 Å². The summed E-state index contributed by atoms with van der Waals surface area (Å²) >= 11 is 0. The predicted molar refractivity (Wildman–Crippen MR) is 89.4 cm³/mol. The normalized spacial score (nSPS) is 17.0. The van der Waals surface area contributed by atoms with Gasteiger partial charge in [-0.2, -0.15) is 0 Å². The van der Waals surface area contributed by atoms with Crippen LogP contribution in [0.5, 0.6) is 0 Å². The van der Waals surface area contributed by atoms with E-state index < -0.39 is 0 Å². The van der Waals surface area contributed by atoms with Crippen molar-refractivity contribution in [1.29, 1.82) is 0 Å². The molecule has 0 bridgehead atoms. The Morgan fingerprint density at radius 1 is 1.48 bits per heavy atom. The second kappa shape index (κ2) is 7.50. The van der Waals surface area contributed by atoms with Crippen LogP contribution in [0, 0.1) is 5.82 Å². The van der Waals surface area contributed by atoms with Crippen molar-refractivity contribution in [3.05, 3.63) is 29.8 Å². The average molecular weight is 348 g/mol. The summed E-state index contributed by atoms with van der Waals surface area (Å²) in [7, 11) is 0. The minimum atomic E-state index is -0.333. The molecule has 1 aliphatic rings. The highest BCUT2D eigenvalue weighted by Crippen LogP contribution is 2.31. The zero-order valence-electron chi connectivity index (χ0n) is 14.0. The van der Waals surface area contributed by atoms with Crippen LogP contribution in [-0.4, -0.2) is 46.6 Å². The molecule has 1 aliphatic heterocycles. The van der Waals surface area contributed by atoms with Crippen molar-refractivity contribution >= 4 is 23.0 Å². The van der Waals surface area contributed by atoms with Crippen molar-refractivity contribution < 1.29 is 18.7 Å². The Morgan fingerprint density at radius 3 is 3.12 bits per heavy atom. The molecule has 3 rings (SSSR count). The second-order valence-electron chi connectivity index (χ2n) is 5.92. The predicted octanol–water partition coefficient (Wildman–Crippen LogP) is 2.50. The van der Waals surface area contributed by atoms with Crippen LogP contribution >= 0.6 is 0 Å². The Bertz CT molecular complexity index is 776. The third-order valence-corrected chi connectivity index (χ3v) is 4.20. The number of nitrogens with one attached hydrogen (secondary N) is 2. The average Bonchev–Trinajstić information content (AvgIpc) is 3.20. The standard InChI is InChI=1S/C17H21FN4O3/c1-2-25-15(23)7-8-19-17(24)22-9-3-4-14(22)16-20-12-6-5-11(18)10-13(12)21-16/h5-6,10,14H,2-4,7-9H2,1H3,(H,19,24)(H,20,21)/t14-/m0/s1. The molecule has 0 saturated carbocycles. The second-order valence-corrected chi connectivity index (χ2v) is 5.92. The zero-order valence-corrected chi connectivity index (χ0v) is 14.0. The van der Waals surface area contributed by atoms with E-state index in [9.17, 15) is 14.0 Å². The Balaban J connectivity index is 1.64. The summed E-state index contributed by atoms with van der Waals surface area (Å²) in [5, 5.41) is 2.74. The molecule has 2 aromatic rings. The monoisotopic (exact) mass is 348 g/mol. The summed E-state index contributed by atoms with van der Waals surface area (Å²) in [6.07, 6.45) is 1.79. The quantitative estimate of drug-likeness (QED) is 0.813. The molecule has 2 amide bonds. The summed E-state index contributed by atoms with van der Waals surface area (Å²) in [6.45, 7) is 2.91. The number of imidazole rings is 1. The smallest absolute Gasteiger partial charge is 0.318 e. The fraction of sp³-hybridized carbons (Fsp3) is 0.471. The van der Waals surface area contributed by atoms with E-state index in [0.29, 0.717) is 30.0 Å². The maximum absolute atomic E-state index is 13.3. The first kappa shape index (κ1) is 17.2.